The number of urea groups is 1. The van der Waals surface area contributed by atoms with Crippen molar-refractivity contribution in [1.29, 1.82) is 0 Å². The molecule has 0 spiro atoms. The molecule has 2 N–H and O–H groups in total. The van der Waals surface area contributed by atoms with E-state index in [9.17, 15) is 13.6 Å². The number of hydrogen-bond acceptors (Lipinski definition) is 1. The molecule has 3 nitrogen and oxygen atoms in total. The van der Waals surface area contributed by atoms with E-state index < -0.39 is 23.7 Å². The monoisotopic (exact) mass is 324 g/mol. The summed E-state index contributed by atoms with van der Waals surface area (Å²) in [6, 6.07) is 9.82. The molecule has 2 aromatic rings. The standard InChI is InChI=1S/C16H15ClF2N2O/c1-10(11-6-7-14(18)15(19)8-11)21-16(22)20-9-12-4-2-3-5-13(12)17/h2-8,10H,9H2,1H3,(H2,20,21,22). The Labute approximate surface area is 132 Å². The number of benzene rings is 2. The first kappa shape index (κ1) is 16.2. The summed E-state index contributed by atoms with van der Waals surface area (Å²) in [6.07, 6.45) is 0. The Hall–Kier alpha value is -2.14. The van der Waals surface area contributed by atoms with Gasteiger partial charge in [-0.2, -0.15) is 0 Å². The van der Waals surface area contributed by atoms with Crippen LogP contribution in [0.15, 0.2) is 42.5 Å². The van der Waals surface area contributed by atoms with Crippen molar-refractivity contribution in [3.8, 4) is 0 Å². The largest absolute Gasteiger partial charge is 0.334 e. The summed E-state index contributed by atoms with van der Waals surface area (Å²) in [5, 5.41) is 5.88. The van der Waals surface area contributed by atoms with Gasteiger partial charge in [0.25, 0.3) is 0 Å². The lowest BCUT2D eigenvalue weighted by molar-refractivity contribution is 0.237. The van der Waals surface area contributed by atoms with Crippen molar-refractivity contribution in [2.24, 2.45) is 0 Å². The Morgan fingerprint density at radius 2 is 1.91 bits per heavy atom. The molecule has 0 saturated heterocycles. The zero-order chi connectivity index (χ0) is 16.1. The van der Waals surface area contributed by atoms with E-state index >= 15 is 0 Å². The molecule has 0 radical (unpaired) electrons. The second-order valence-corrected chi connectivity index (χ2v) is 5.22. The van der Waals surface area contributed by atoms with Crippen molar-refractivity contribution >= 4 is 17.6 Å². The minimum atomic E-state index is -0.942. The van der Waals surface area contributed by atoms with Gasteiger partial charge in [0.2, 0.25) is 0 Å². The van der Waals surface area contributed by atoms with Crippen LogP contribution in [0.25, 0.3) is 0 Å². The van der Waals surface area contributed by atoms with Crippen molar-refractivity contribution in [2.75, 3.05) is 0 Å². The highest BCUT2D eigenvalue weighted by Crippen LogP contribution is 2.16. The lowest BCUT2D eigenvalue weighted by Gasteiger charge is -2.15. The highest BCUT2D eigenvalue weighted by atomic mass is 35.5. The maximum Gasteiger partial charge on any atom is 0.315 e. The van der Waals surface area contributed by atoms with Crippen LogP contribution in [0, 0.1) is 11.6 Å². The van der Waals surface area contributed by atoms with E-state index in [1.165, 1.54) is 6.07 Å². The van der Waals surface area contributed by atoms with Gasteiger partial charge in [-0.3, -0.25) is 0 Å². The predicted molar refractivity (Wildman–Crippen MR) is 81.6 cm³/mol. The third-order valence-electron chi connectivity index (χ3n) is 3.19. The average molecular weight is 325 g/mol. The Morgan fingerprint density at radius 3 is 2.59 bits per heavy atom. The highest BCUT2D eigenvalue weighted by molar-refractivity contribution is 6.31. The van der Waals surface area contributed by atoms with E-state index in [1.807, 2.05) is 6.07 Å². The molecule has 0 aliphatic heterocycles. The van der Waals surface area contributed by atoms with E-state index in [-0.39, 0.29) is 6.54 Å². The molecular formula is C16H15ClF2N2O. The molecule has 2 rings (SSSR count). The Balaban J connectivity index is 1.91. The molecule has 0 aliphatic rings. The first-order valence-corrected chi connectivity index (χ1v) is 7.08. The lowest BCUT2D eigenvalue weighted by atomic mass is 10.1. The summed E-state index contributed by atoms with van der Waals surface area (Å²) < 4.78 is 26.1. The highest BCUT2D eigenvalue weighted by Gasteiger charge is 2.12. The second kappa shape index (κ2) is 7.22. The van der Waals surface area contributed by atoms with Crippen LogP contribution in [0.2, 0.25) is 5.02 Å². The quantitative estimate of drug-likeness (QED) is 0.870. The van der Waals surface area contributed by atoms with Gasteiger partial charge >= 0.3 is 6.03 Å². The predicted octanol–water partition coefficient (Wildman–Crippen LogP) is 4.18. The van der Waals surface area contributed by atoms with Gasteiger partial charge in [0.1, 0.15) is 0 Å². The average Bonchev–Trinajstić information content (AvgIpc) is 2.49. The summed E-state index contributed by atoms with van der Waals surface area (Å²) in [7, 11) is 0. The fourth-order valence-corrected chi connectivity index (χ4v) is 2.13. The van der Waals surface area contributed by atoms with Crippen LogP contribution in [0.5, 0.6) is 0 Å². The Morgan fingerprint density at radius 1 is 1.18 bits per heavy atom. The van der Waals surface area contributed by atoms with Gasteiger partial charge in [-0.25, -0.2) is 13.6 Å². The van der Waals surface area contributed by atoms with E-state index in [0.29, 0.717) is 10.6 Å². The summed E-state index contributed by atoms with van der Waals surface area (Å²) in [5.74, 6) is -1.86. The molecule has 1 unspecified atom stereocenters. The third kappa shape index (κ3) is 4.18. The van der Waals surface area contributed by atoms with Crippen LogP contribution < -0.4 is 10.6 Å². The van der Waals surface area contributed by atoms with Crippen molar-refractivity contribution in [1.82, 2.24) is 10.6 Å². The maximum absolute atomic E-state index is 13.2. The molecule has 0 bridgehead atoms. The lowest BCUT2D eigenvalue weighted by Crippen LogP contribution is -2.36. The maximum atomic E-state index is 13.2. The van der Waals surface area contributed by atoms with E-state index in [2.05, 4.69) is 10.6 Å². The zero-order valence-electron chi connectivity index (χ0n) is 11.9. The van der Waals surface area contributed by atoms with Crippen molar-refractivity contribution in [3.05, 3.63) is 70.2 Å². The van der Waals surface area contributed by atoms with Gasteiger partial charge in [0, 0.05) is 11.6 Å². The minimum absolute atomic E-state index is 0.274. The minimum Gasteiger partial charge on any atom is -0.334 e. The van der Waals surface area contributed by atoms with Crippen LogP contribution in [0.1, 0.15) is 24.1 Å². The van der Waals surface area contributed by atoms with E-state index in [1.54, 1.807) is 25.1 Å². The van der Waals surface area contributed by atoms with Crippen LogP contribution in [-0.2, 0) is 6.54 Å². The van der Waals surface area contributed by atoms with Crippen LogP contribution in [-0.4, -0.2) is 6.03 Å². The van der Waals surface area contributed by atoms with Crippen LogP contribution >= 0.6 is 11.6 Å². The van der Waals surface area contributed by atoms with Gasteiger partial charge < -0.3 is 10.6 Å². The fraction of sp³-hybridized carbons (Fsp3) is 0.188. The third-order valence-corrected chi connectivity index (χ3v) is 3.56. The normalized spacial score (nSPS) is 11.8. The summed E-state index contributed by atoms with van der Waals surface area (Å²) in [5.41, 5.74) is 1.27. The fourth-order valence-electron chi connectivity index (χ4n) is 1.93. The van der Waals surface area contributed by atoms with Gasteiger partial charge in [-0.05, 0) is 36.2 Å². The number of rotatable bonds is 4. The smallest absolute Gasteiger partial charge is 0.315 e. The molecule has 0 fully saturated rings. The van der Waals surface area contributed by atoms with Gasteiger partial charge in [0.15, 0.2) is 11.6 Å². The topological polar surface area (TPSA) is 41.1 Å². The molecule has 0 heterocycles. The number of hydrogen-bond donors (Lipinski definition) is 2. The first-order valence-electron chi connectivity index (χ1n) is 6.70. The molecule has 2 aromatic carbocycles. The summed E-state index contributed by atoms with van der Waals surface area (Å²) in [6.45, 7) is 1.96. The first-order chi connectivity index (χ1) is 10.5. The SMILES string of the molecule is CC(NC(=O)NCc1ccccc1Cl)c1ccc(F)c(F)c1. The number of carbonyl (C=O) groups excluding carboxylic acids is 1. The second-order valence-electron chi connectivity index (χ2n) is 4.81. The van der Waals surface area contributed by atoms with E-state index in [0.717, 1.165) is 17.7 Å². The van der Waals surface area contributed by atoms with Crippen molar-refractivity contribution in [2.45, 2.75) is 19.5 Å². The Bertz CT molecular complexity index is 679. The molecular weight excluding hydrogens is 310 g/mol. The molecule has 0 saturated carbocycles. The van der Waals surface area contributed by atoms with Gasteiger partial charge in [-0.15, -0.1) is 0 Å². The van der Waals surface area contributed by atoms with Gasteiger partial charge in [0.05, 0.1) is 6.04 Å². The molecule has 0 aromatic heterocycles. The molecule has 22 heavy (non-hydrogen) atoms. The number of amides is 2. The molecule has 6 heteroatoms. The van der Waals surface area contributed by atoms with Crippen LogP contribution in [0.3, 0.4) is 0 Å². The molecule has 2 amide bonds. The van der Waals surface area contributed by atoms with Crippen molar-refractivity contribution < 1.29 is 13.6 Å². The summed E-state index contributed by atoms with van der Waals surface area (Å²) in [4.78, 5) is 11.8. The van der Waals surface area contributed by atoms with E-state index in [4.69, 9.17) is 11.6 Å². The van der Waals surface area contributed by atoms with Gasteiger partial charge in [-0.1, -0.05) is 35.9 Å². The Kier molecular flexibility index (Phi) is 5.33. The molecule has 116 valence electrons. The molecule has 1 atom stereocenters. The van der Waals surface area contributed by atoms with Crippen LogP contribution in [0.4, 0.5) is 13.6 Å². The molecule has 0 aliphatic carbocycles. The number of halogens is 3. The number of nitrogens with one attached hydrogen (secondary N) is 2. The zero-order valence-corrected chi connectivity index (χ0v) is 12.6. The summed E-state index contributed by atoms with van der Waals surface area (Å²) >= 11 is 5.99. The van der Waals surface area contributed by atoms with Crippen molar-refractivity contribution in [3.63, 3.8) is 0 Å². The number of carbonyl (C=O) groups is 1.